The highest BCUT2D eigenvalue weighted by Crippen LogP contribution is 2.24. The molecular formula is C12H10ClNO2. The van der Waals surface area contributed by atoms with Crippen LogP contribution in [0.3, 0.4) is 0 Å². The molecule has 2 aromatic rings. The van der Waals surface area contributed by atoms with Gasteiger partial charge in [0.2, 0.25) is 0 Å². The van der Waals surface area contributed by atoms with E-state index in [0.29, 0.717) is 10.7 Å². The van der Waals surface area contributed by atoms with Crippen molar-refractivity contribution in [3.8, 4) is 0 Å². The molecule has 2 rings (SSSR count). The lowest BCUT2D eigenvalue weighted by atomic mass is 10.1. The van der Waals surface area contributed by atoms with Gasteiger partial charge in [-0.3, -0.25) is 4.98 Å². The van der Waals surface area contributed by atoms with Gasteiger partial charge in [-0.25, -0.2) is 4.79 Å². The maximum atomic E-state index is 11.0. The van der Waals surface area contributed by atoms with Gasteiger partial charge in [-0.05, 0) is 37.6 Å². The first-order valence-corrected chi connectivity index (χ1v) is 5.17. The Balaban J connectivity index is 2.84. The third-order valence-electron chi connectivity index (χ3n) is 2.49. The van der Waals surface area contributed by atoms with Gasteiger partial charge >= 0.3 is 5.97 Å². The number of hydrogen-bond donors (Lipinski definition) is 1. The van der Waals surface area contributed by atoms with E-state index in [4.69, 9.17) is 16.7 Å². The van der Waals surface area contributed by atoms with Crippen molar-refractivity contribution in [2.75, 3.05) is 0 Å². The summed E-state index contributed by atoms with van der Waals surface area (Å²) in [4.78, 5) is 15.3. The van der Waals surface area contributed by atoms with E-state index in [0.717, 1.165) is 16.5 Å². The van der Waals surface area contributed by atoms with Crippen LogP contribution in [0.15, 0.2) is 18.2 Å². The van der Waals surface area contributed by atoms with Gasteiger partial charge in [0.15, 0.2) is 0 Å². The van der Waals surface area contributed by atoms with Crippen LogP contribution in [0.5, 0.6) is 0 Å². The Hall–Kier alpha value is -1.61. The molecule has 0 radical (unpaired) electrons. The molecule has 4 heteroatoms. The molecular weight excluding hydrogens is 226 g/mol. The number of carbonyl (C=O) groups is 1. The molecule has 0 unspecified atom stereocenters. The number of rotatable bonds is 1. The van der Waals surface area contributed by atoms with Crippen molar-refractivity contribution >= 4 is 28.5 Å². The van der Waals surface area contributed by atoms with Gasteiger partial charge in [-0.1, -0.05) is 11.6 Å². The van der Waals surface area contributed by atoms with Crippen molar-refractivity contribution in [1.82, 2.24) is 4.98 Å². The van der Waals surface area contributed by atoms with Crippen LogP contribution in [0.2, 0.25) is 5.02 Å². The Morgan fingerprint density at radius 1 is 1.31 bits per heavy atom. The molecule has 0 aliphatic rings. The number of halogens is 1. The molecule has 0 aliphatic heterocycles. The predicted octanol–water partition coefficient (Wildman–Crippen LogP) is 3.20. The largest absolute Gasteiger partial charge is 0.478 e. The lowest BCUT2D eigenvalue weighted by Gasteiger charge is -2.06. The molecule has 82 valence electrons. The average Bonchev–Trinajstić information content (AvgIpc) is 2.18. The number of carboxylic acids is 1. The normalized spacial score (nSPS) is 10.7. The first kappa shape index (κ1) is 10.9. The standard InChI is InChI=1S/C12H10ClNO2/c1-6-3-9(13)4-8-5-10(12(15)16)7(2)14-11(6)8/h3-5H,1-2H3,(H,15,16). The van der Waals surface area contributed by atoms with E-state index in [1.165, 1.54) is 0 Å². The van der Waals surface area contributed by atoms with Crippen LogP contribution in [0.4, 0.5) is 0 Å². The Morgan fingerprint density at radius 2 is 2.00 bits per heavy atom. The van der Waals surface area contributed by atoms with Crippen LogP contribution in [-0.4, -0.2) is 16.1 Å². The topological polar surface area (TPSA) is 50.2 Å². The highest BCUT2D eigenvalue weighted by atomic mass is 35.5. The van der Waals surface area contributed by atoms with Gasteiger partial charge in [0.1, 0.15) is 0 Å². The summed E-state index contributed by atoms with van der Waals surface area (Å²) in [6, 6.07) is 5.15. The fourth-order valence-electron chi connectivity index (χ4n) is 1.73. The molecule has 0 amide bonds. The van der Waals surface area contributed by atoms with E-state index < -0.39 is 5.97 Å². The van der Waals surface area contributed by atoms with Crippen molar-refractivity contribution in [1.29, 1.82) is 0 Å². The molecule has 0 saturated carbocycles. The summed E-state index contributed by atoms with van der Waals surface area (Å²) in [6.07, 6.45) is 0. The molecule has 1 aromatic heterocycles. The van der Waals surface area contributed by atoms with E-state index in [2.05, 4.69) is 4.98 Å². The Bertz CT molecular complexity index is 593. The summed E-state index contributed by atoms with van der Waals surface area (Å²) in [5, 5.41) is 10.3. The summed E-state index contributed by atoms with van der Waals surface area (Å²) >= 11 is 5.92. The molecule has 3 nitrogen and oxygen atoms in total. The minimum atomic E-state index is -0.968. The first-order valence-electron chi connectivity index (χ1n) is 4.80. The van der Waals surface area contributed by atoms with Gasteiger partial charge < -0.3 is 5.11 Å². The molecule has 0 atom stereocenters. The lowest BCUT2D eigenvalue weighted by Crippen LogP contribution is -2.02. The molecule has 0 spiro atoms. The number of carboxylic acid groups (broad SMARTS) is 1. The van der Waals surface area contributed by atoms with Crippen molar-refractivity contribution < 1.29 is 9.90 Å². The predicted molar refractivity (Wildman–Crippen MR) is 63.2 cm³/mol. The van der Waals surface area contributed by atoms with Crippen molar-refractivity contribution in [3.05, 3.63) is 40.0 Å². The third-order valence-corrected chi connectivity index (χ3v) is 2.71. The SMILES string of the molecule is Cc1nc2c(C)cc(Cl)cc2cc1C(=O)O. The molecule has 1 aromatic carbocycles. The van der Waals surface area contributed by atoms with E-state index in [1.54, 1.807) is 19.1 Å². The summed E-state index contributed by atoms with van der Waals surface area (Å²) in [7, 11) is 0. The summed E-state index contributed by atoms with van der Waals surface area (Å²) in [5.41, 5.74) is 2.48. The van der Waals surface area contributed by atoms with E-state index >= 15 is 0 Å². The van der Waals surface area contributed by atoms with Gasteiger partial charge in [0, 0.05) is 10.4 Å². The molecule has 0 aliphatic carbocycles. The minimum Gasteiger partial charge on any atom is -0.478 e. The second-order valence-corrected chi connectivity index (χ2v) is 4.16. The second-order valence-electron chi connectivity index (χ2n) is 3.72. The lowest BCUT2D eigenvalue weighted by molar-refractivity contribution is 0.0696. The molecule has 1 heterocycles. The maximum absolute atomic E-state index is 11.0. The van der Waals surface area contributed by atoms with E-state index in [9.17, 15) is 4.79 Å². The van der Waals surface area contributed by atoms with Crippen LogP contribution < -0.4 is 0 Å². The van der Waals surface area contributed by atoms with Crippen molar-refractivity contribution in [3.63, 3.8) is 0 Å². The molecule has 1 N–H and O–H groups in total. The Morgan fingerprint density at radius 3 is 2.62 bits per heavy atom. The number of nitrogens with zero attached hydrogens (tertiary/aromatic N) is 1. The number of aromatic carboxylic acids is 1. The molecule has 0 bridgehead atoms. The highest BCUT2D eigenvalue weighted by molar-refractivity contribution is 6.31. The summed E-state index contributed by atoms with van der Waals surface area (Å²) in [6.45, 7) is 3.60. The number of fused-ring (bicyclic) bond motifs is 1. The van der Waals surface area contributed by atoms with E-state index in [-0.39, 0.29) is 5.56 Å². The zero-order valence-corrected chi connectivity index (χ0v) is 9.67. The highest BCUT2D eigenvalue weighted by Gasteiger charge is 2.11. The van der Waals surface area contributed by atoms with Crippen LogP contribution >= 0.6 is 11.6 Å². The quantitative estimate of drug-likeness (QED) is 0.826. The number of hydrogen-bond acceptors (Lipinski definition) is 2. The van der Waals surface area contributed by atoms with Gasteiger partial charge in [0.05, 0.1) is 16.8 Å². The number of aromatic nitrogens is 1. The molecule has 0 saturated heterocycles. The van der Waals surface area contributed by atoms with Crippen molar-refractivity contribution in [2.45, 2.75) is 13.8 Å². The molecule has 0 fully saturated rings. The fourth-order valence-corrected chi connectivity index (χ4v) is 2.01. The Labute approximate surface area is 97.7 Å². The van der Waals surface area contributed by atoms with Gasteiger partial charge in [-0.15, -0.1) is 0 Å². The van der Waals surface area contributed by atoms with Crippen molar-refractivity contribution in [2.24, 2.45) is 0 Å². The fraction of sp³-hybridized carbons (Fsp3) is 0.167. The van der Waals surface area contributed by atoms with Crippen LogP contribution in [0.1, 0.15) is 21.6 Å². The van der Waals surface area contributed by atoms with Crippen LogP contribution in [0.25, 0.3) is 10.9 Å². The van der Waals surface area contributed by atoms with Crippen LogP contribution in [-0.2, 0) is 0 Å². The summed E-state index contributed by atoms with van der Waals surface area (Å²) in [5.74, 6) is -0.968. The number of aryl methyl sites for hydroxylation is 2. The first-order chi connectivity index (χ1) is 7.49. The number of benzene rings is 1. The monoisotopic (exact) mass is 235 g/mol. The molecule has 16 heavy (non-hydrogen) atoms. The summed E-state index contributed by atoms with van der Waals surface area (Å²) < 4.78 is 0. The van der Waals surface area contributed by atoms with Crippen LogP contribution in [0, 0.1) is 13.8 Å². The average molecular weight is 236 g/mol. The Kier molecular flexibility index (Phi) is 2.56. The second kappa shape index (κ2) is 3.76. The maximum Gasteiger partial charge on any atom is 0.337 e. The zero-order valence-electron chi connectivity index (χ0n) is 8.91. The van der Waals surface area contributed by atoms with Gasteiger partial charge in [-0.2, -0.15) is 0 Å². The zero-order chi connectivity index (χ0) is 11.9. The van der Waals surface area contributed by atoms with E-state index in [1.807, 2.05) is 13.0 Å². The van der Waals surface area contributed by atoms with Gasteiger partial charge in [0.25, 0.3) is 0 Å². The smallest absolute Gasteiger partial charge is 0.337 e. The minimum absolute atomic E-state index is 0.217. The number of pyridine rings is 1. The third kappa shape index (κ3) is 1.74.